The van der Waals surface area contributed by atoms with Gasteiger partial charge in [-0.2, -0.15) is 0 Å². The van der Waals surface area contributed by atoms with Crippen molar-refractivity contribution >= 4 is 46.9 Å². The molecule has 1 aliphatic rings. The molecule has 0 N–H and O–H groups in total. The number of carbonyl (C=O) groups is 1. The Kier molecular flexibility index (Phi) is 5.08. The minimum atomic E-state index is -0.135. The largest absolute Gasteiger partial charge is 0.464 e. The number of hydrogen-bond donors (Lipinski definition) is 0. The van der Waals surface area contributed by atoms with E-state index in [1.54, 1.807) is 21.3 Å². The van der Waals surface area contributed by atoms with Crippen LogP contribution in [0.3, 0.4) is 0 Å². The fourth-order valence-electron chi connectivity index (χ4n) is 2.95. The van der Waals surface area contributed by atoms with Crippen LogP contribution >= 0.6 is 35.1 Å². The molecule has 0 unspecified atom stereocenters. The highest BCUT2D eigenvalue weighted by Gasteiger charge is 2.33. The monoisotopic (exact) mass is 418 g/mol. The van der Waals surface area contributed by atoms with Crippen molar-refractivity contribution in [2.24, 2.45) is 0 Å². The maximum absolute atomic E-state index is 13.2. The summed E-state index contributed by atoms with van der Waals surface area (Å²) in [4.78, 5) is 15.7. The van der Waals surface area contributed by atoms with E-state index in [1.165, 1.54) is 11.9 Å². The van der Waals surface area contributed by atoms with Crippen molar-refractivity contribution in [2.75, 3.05) is 4.90 Å². The van der Waals surface area contributed by atoms with Crippen molar-refractivity contribution in [2.45, 2.75) is 24.9 Å². The summed E-state index contributed by atoms with van der Waals surface area (Å²) in [6.45, 7) is 2.66. The summed E-state index contributed by atoms with van der Waals surface area (Å²) in [6, 6.07) is 16.9. The zero-order valence-corrected chi connectivity index (χ0v) is 16.8. The third kappa shape index (κ3) is 3.81. The molecule has 0 radical (unpaired) electrons. The van der Waals surface area contributed by atoms with Gasteiger partial charge in [-0.1, -0.05) is 53.5 Å². The number of halogens is 2. The number of rotatable bonds is 4. The van der Waals surface area contributed by atoms with Crippen molar-refractivity contribution in [3.8, 4) is 0 Å². The summed E-state index contributed by atoms with van der Waals surface area (Å²) in [7, 11) is 0. The molecule has 0 bridgehead atoms. The average molecular weight is 419 g/mol. The number of fused-ring (bicyclic) bond motifs is 1. The second-order valence-electron chi connectivity index (χ2n) is 6.23. The first-order chi connectivity index (χ1) is 13.0. The average Bonchev–Trinajstić information content (AvgIpc) is 3.05. The summed E-state index contributed by atoms with van der Waals surface area (Å²) in [5, 5.41) is 1.02. The van der Waals surface area contributed by atoms with Crippen molar-refractivity contribution in [3.63, 3.8) is 0 Å². The van der Waals surface area contributed by atoms with Gasteiger partial charge in [0.15, 0.2) is 0 Å². The second-order valence-corrected chi connectivity index (χ2v) is 8.11. The summed E-state index contributed by atoms with van der Waals surface area (Å²) < 4.78 is 7.30. The highest BCUT2D eigenvalue weighted by atomic mass is 35.5. The van der Waals surface area contributed by atoms with Gasteiger partial charge in [-0.3, -0.25) is 9.21 Å². The topological polar surface area (TPSA) is 36.7 Å². The van der Waals surface area contributed by atoms with Crippen LogP contribution in [-0.4, -0.2) is 10.3 Å². The van der Waals surface area contributed by atoms with Crippen LogP contribution in [-0.2, 0) is 13.1 Å². The highest BCUT2D eigenvalue weighted by Crippen LogP contribution is 2.45. The fraction of sp³-hybridized carbons (Fsp3) is 0.150. The molecule has 138 valence electrons. The molecule has 27 heavy (non-hydrogen) atoms. The number of nitrogens with zero attached hydrogens (tertiary/aromatic N) is 2. The van der Waals surface area contributed by atoms with Gasteiger partial charge in [0.05, 0.1) is 28.7 Å². The van der Waals surface area contributed by atoms with Gasteiger partial charge in [0.25, 0.3) is 0 Å². The number of urea groups is 1. The molecule has 0 aliphatic carbocycles. The van der Waals surface area contributed by atoms with E-state index in [4.69, 9.17) is 27.6 Å². The van der Waals surface area contributed by atoms with Crippen LogP contribution in [0.25, 0.3) is 0 Å². The normalized spacial score (nSPS) is 13.8. The lowest BCUT2D eigenvalue weighted by atomic mass is 10.2. The second kappa shape index (κ2) is 7.50. The Balaban J connectivity index is 1.72. The first-order valence-electron chi connectivity index (χ1n) is 8.36. The number of anilines is 1. The molecule has 4 rings (SSSR count). The SMILES string of the molecule is Cc1ccc(CN2Sc3c(Cl)cc(Cl)cc3N(Cc3ccccc3)C2=O)o1. The zero-order chi connectivity index (χ0) is 19.0. The number of benzene rings is 2. The first kappa shape index (κ1) is 18.3. The van der Waals surface area contributed by atoms with Crippen LogP contribution in [0.5, 0.6) is 0 Å². The molecule has 0 saturated heterocycles. The number of amides is 2. The van der Waals surface area contributed by atoms with Crippen molar-refractivity contribution in [1.82, 2.24) is 4.31 Å². The summed E-state index contributed by atoms with van der Waals surface area (Å²) >= 11 is 14.0. The van der Waals surface area contributed by atoms with Crippen LogP contribution < -0.4 is 4.90 Å². The summed E-state index contributed by atoms with van der Waals surface area (Å²) in [6.07, 6.45) is 0. The van der Waals surface area contributed by atoms with Gasteiger partial charge < -0.3 is 4.42 Å². The number of carbonyl (C=O) groups excluding carboxylic acids is 1. The first-order valence-corrected chi connectivity index (χ1v) is 9.89. The number of hydrogen-bond acceptors (Lipinski definition) is 3. The molecule has 0 atom stereocenters. The van der Waals surface area contributed by atoms with Gasteiger partial charge in [-0.15, -0.1) is 0 Å². The lowest BCUT2D eigenvalue weighted by Gasteiger charge is -2.36. The predicted molar refractivity (Wildman–Crippen MR) is 109 cm³/mol. The Morgan fingerprint density at radius 1 is 1.04 bits per heavy atom. The highest BCUT2D eigenvalue weighted by molar-refractivity contribution is 7.98. The summed E-state index contributed by atoms with van der Waals surface area (Å²) in [5.41, 5.74) is 1.74. The van der Waals surface area contributed by atoms with Gasteiger partial charge >= 0.3 is 6.03 Å². The molecule has 0 fully saturated rings. The smallest absolute Gasteiger partial charge is 0.335 e. The molecule has 4 nitrogen and oxygen atoms in total. The van der Waals surface area contributed by atoms with Crippen LogP contribution in [0.2, 0.25) is 10.0 Å². The van der Waals surface area contributed by atoms with Crippen molar-refractivity contribution < 1.29 is 9.21 Å². The molecule has 0 spiro atoms. The van der Waals surface area contributed by atoms with Gasteiger partial charge in [-0.25, -0.2) is 4.79 Å². The van der Waals surface area contributed by atoms with Crippen LogP contribution in [0.15, 0.2) is 63.9 Å². The molecule has 2 amide bonds. The lowest BCUT2D eigenvalue weighted by Crippen LogP contribution is -2.42. The van der Waals surface area contributed by atoms with Crippen LogP contribution in [0.4, 0.5) is 10.5 Å². The lowest BCUT2D eigenvalue weighted by molar-refractivity contribution is 0.227. The van der Waals surface area contributed by atoms with Crippen LogP contribution in [0.1, 0.15) is 17.1 Å². The minimum Gasteiger partial charge on any atom is -0.464 e. The zero-order valence-electron chi connectivity index (χ0n) is 14.5. The quantitative estimate of drug-likeness (QED) is 0.451. The molecule has 2 heterocycles. The summed E-state index contributed by atoms with van der Waals surface area (Å²) in [5.74, 6) is 1.53. The van der Waals surface area contributed by atoms with Gasteiger partial charge in [0.1, 0.15) is 11.5 Å². The molecular weight excluding hydrogens is 403 g/mol. The molecule has 1 aliphatic heterocycles. The minimum absolute atomic E-state index is 0.135. The van der Waals surface area contributed by atoms with Gasteiger partial charge in [0, 0.05) is 5.02 Å². The van der Waals surface area contributed by atoms with Crippen molar-refractivity contribution in [1.29, 1.82) is 0 Å². The molecule has 1 aromatic heterocycles. The Morgan fingerprint density at radius 3 is 2.52 bits per heavy atom. The Labute approximate surface area is 171 Å². The number of furan rings is 1. The van der Waals surface area contributed by atoms with E-state index in [0.29, 0.717) is 23.1 Å². The third-order valence-corrected chi connectivity index (χ3v) is 5.95. The van der Waals surface area contributed by atoms with Gasteiger partial charge in [-0.05, 0) is 48.7 Å². The molecule has 7 heteroatoms. The van der Waals surface area contributed by atoms with E-state index in [2.05, 4.69) is 0 Å². The van der Waals surface area contributed by atoms with E-state index in [1.807, 2.05) is 49.4 Å². The third-order valence-electron chi connectivity index (χ3n) is 4.20. The maximum Gasteiger partial charge on any atom is 0.335 e. The van der Waals surface area contributed by atoms with Crippen LogP contribution in [0, 0.1) is 6.92 Å². The molecule has 0 saturated carbocycles. The van der Waals surface area contributed by atoms with E-state index < -0.39 is 0 Å². The molecular formula is C20H16Cl2N2O2S. The van der Waals surface area contributed by atoms with E-state index in [0.717, 1.165) is 27.7 Å². The number of aryl methyl sites for hydroxylation is 1. The van der Waals surface area contributed by atoms with E-state index in [9.17, 15) is 4.79 Å². The Bertz CT molecular complexity index is 991. The van der Waals surface area contributed by atoms with E-state index >= 15 is 0 Å². The van der Waals surface area contributed by atoms with Gasteiger partial charge in [0.2, 0.25) is 0 Å². The molecule has 3 aromatic rings. The Morgan fingerprint density at radius 2 is 1.81 bits per heavy atom. The maximum atomic E-state index is 13.2. The fourth-order valence-corrected chi connectivity index (χ4v) is 4.54. The Hall–Kier alpha value is -2.08. The predicted octanol–water partition coefficient (Wildman–Crippen LogP) is 6.54. The van der Waals surface area contributed by atoms with Crippen molar-refractivity contribution in [3.05, 3.63) is 81.7 Å². The standard InChI is InChI=1S/C20H16Cl2N2O2S/c1-13-7-8-16(26-13)12-24-20(25)23(11-14-5-3-2-4-6-14)18-10-15(21)9-17(22)19(18)27-24/h2-10H,11-12H2,1H3. The van der Waals surface area contributed by atoms with E-state index in [-0.39, 0.29) is 6.03 Å². The molecule has 2 aromatic carbocycles.